The summed E-state index contributed by atoms with van der Waals surface area (Å²) in [5.74, 6) is -1.52. The molecule has 1 atom stereocenters. The summed E-state index contributed by atoms with van der Waals surface area (Å²) in [6, 6.07) is 12.6. The van der Waals surface area contributed by atoms with Crippen molar-refractivity contribution in [2.45, 2.75) is 12.6 Å². The molecular formula is C24H20F2N4O2S. The van der Waals surface area contributed by atoms with Gasteiger partial charge in [0.2, 0.25) is 0 Å². The summed E-state index contributed by atoms with van der Waals surface area (Å²) in [5.41, 5.74) is 9.82. The van der Waals surface area contributed by atoms with E-state index >= 15 is 0 Å². The first-order valence-electron chi connectivity index (χ1n) is 10.3. The van der Waals surface area contributed by atoms with Crippen molar-refractivity contribution in [3.05, 3.63) is 88.2 Å². The molecule has 2 aromatic heterocycles. The first-order chi connectivity index (χ1) is 16.0. The van der Waals surface area contributed by atoms with Crippen molar-refractivity contribution in [1.29, 1.82) is 0 Å². The van der Waals surface area contributed by atoms with E-state index in [0.29, 0.717) is 29.9 Å². The normalized spacial score (nSPS) is 16.0. The van der Waals surface area contributed by atoms with Gasteiger partial charge in [0, 0.05) is 41.0 Å². The van der Waals surface area contributed by atoms with Crippen LogP contribution >= 0.6 is 11.3 Å². The van der Waals surface area contributed by atoms with Gasteiger partial charge in [-0.05, 0) is 47.7 Å². The van der Waals surface area contributed by atoms with Crippen LogP contribution in [0.5, 0.6) is 0 Å². The number of hydrogen-bond acceptors (Lipinski definition) is 5. The number of nitrogens with two attached hydrogens (primary N) is 1. The molecule has 2 N–H and O–H groups in total. The van der Waals surface area contributed by atoms with Gasteiger partial charge in [0.15, 0.2) is 6.23 Å². The molecule has 33 heavy (non-hydrogen) atoms. The van der Waals surface area contributed by atoms with E-state index in [2.05, 4.69) is 5.10 Å². The Morgan fingerprint density at radius 2 is 1.88 bits per heavy atom. The highest BCUT2D eigenvalue weighted by Crippen LogP contribution is 2.36. The van der Waals surface area contributed by atoms with E-state index in [9.17, 15) is 13.6 Å². The zero-order chi connectivity index (χ0) is 22.9. The fraction of sp³-hybridized carbons (Fsp3) is 0.167. The number of nitrogen functional groups attached to an aromatic ring is 1. The summed E-state index contributed by atoms with van der Waals surface area (Å²) in [7, 11) is 0. The number of carbonyl (C=O) groups is 1. The molecule has 0 saturated carbocycles. The minimum atomic E-state index is -0.698. The third-order valence-electron chi connectivity index (χ3n) is 5.50. The van der Waals surface area contributed by atoms with Crippen LogP contribution in [-0.2, 0) is 16.0 Å². The monoisotopic (exact) mass is 466 g/mol. The SMILES string of the molecule is Nc1ccc(CCN2C(=O)COC2c2cn(-c3cc(F)cc(F)c3)nc2-c2ccsc2)cc1. The van der Waals surface area contributed by atoms with Crippen LogP contribution in [0, 0.1) is 11.6 Å². The van der Waals surface area contributed by atoms with Crippen LogP contribution in [0.1, 0.15) is 17.4 Å². The molecule has 1 unspecified atom stereocenters. The van der Waals surface area contributed by atoms with Gasteiger partial charge in [0.05, 0.1) is 5.69 Å². The lowest BCUT2D eigenvalue weighted by Gasteiger charge is -2.23. The Hall–Kier alpha value is -3.56. The summed E-state index contributed by atoms with van der Waals surface area (Å²) >= 11 is 1.50. The van der Waals surface area contributed by atoms with Crippen molar-refractivity contribution in [3.8, 4) is 16.9 Å². The molecule has 6 nitrogen and oxygen atoms in total. The van der Waals surface area contributed by atoms with Crippen LogP contribution in [0.25, 0.3) is 16.9 Å². The molecule has 0 spiro atoms. The van der Waals surface area contributed by atoms with Crippen molar-refractivity contribution in [3.63, 3.8) is 0 Å². The van der Waals surface area contributed by atoms with E-state index in [1.54, 1.807) is 11.1 Å². The minimum absolute atomic E-state index is 0.0464. The fourth-order valence-corrected chi connectivity index (χ4v) is 4.52. The van der Waals surface area contributed by atoms with E-state index in [-0.39, 0.29) is 18.2 Å². The summed E-state index contributed by atoms with van der Waals surface area (Å²) in [5, 5.41) is 8.44. The third kappa shape index (κ3) is 4.37. The Bertz CT molecular complexity index is 1270. The zero-order valence-electron chi connectivity index (χ0n) is 17.4. The second-order valence-electron chi connectivity index (χ2n) is 7.76. The number of aromatic nitrogens is 2. The molecule has 0 aliphatic carbocycles. The van der Waals surface area contributed by atoms with Crippen LogP contribution in [-0.4, -0.2) is 33.7 Å². The van der Waals surface area contributed by atoms with Crippen molar-refractivity contribution in [1.82, 2.24) is 14.7 Å². The summed E-state index contributed by atoms with van der Waals surface area (Å²) in [6.07, 6.45) is 1.64. The summed E-state index contributed by atoms with van der Waals surface area (Å²) in [4.78, 5) is 14.3. The molecule has 4 aromatic rings. The highest BCUT2D eigenvalue weighted by molar-refractivity contribution is 7.08. The molecule has 2 aromatic carbocycles. The van der Waals surface area contributed by atoms with Crippen LogP contribution < -0.4 is 5.73 Å². The van der Waals surface area contributed by atoms with Gasteiger partial charge in [-0.25, -0.2) is 13.5 Å². The highest BCUT2D eigenvalue weighted by Gasteiger charge is 2.36. The Morgan fingerprint density at radius 3 is 2.58 bits per heavy atom. The maximum absolute atomic E-state index is 13.8. The zero-order valence-corrected chi connectivity index (χ0v) is 18.3. The number of benzene rings is 2. The molecule has 1 aliphatic heterocycles. The number of hydrogen-bond donors (Lipinski definition) is 1. The number of halogens is 2. The van der Waals surface area contributed by atoms with Gasteiger partial charge in [0.25, 0.3) is 5.91 Å². The third-order valence-corrected chi connectivity index (χ3v) is 6.19. The maximum atomic E-state index is 13.8. The smallest absolute Gasteiger partial charge is 0.250 e. The fourth-order valence-electron chi connectivity index (χ4n) is 3.88. The average Bonchev–Trinajstić information content (AvgIpc) is 3.52. The Balaban J connectivity index is 1.50. The molecule has 5 rings (SSSR count). The predicted octanol–water partition coefficient (Wildman–Crippen LogP) is 4.56. The van der Waals surface area contributed by atoms with Gasteiger partial charge in [-0.15, -0.1) is 0 Å². The van der Waals surface area contributed by atoms with Crippen molar-refractivity contribution in [2.24, 2.45) is 0 Å². The van der Waals surface area contributed by atoms with Crippen LogP contribution in [0.4, 0.5) is 14.5 Å². The lowest BCUT2D eigenvalue weighted by Crippen LogP contribution is -2.30. The Labute approximate surface area is 192 Å². The number of nitrogens with zero attached hydrogens (tertiary/aromatic N) is 3. The molecule has 1 saturated heterocycles. The molecule has 1 amide bonds. The second-order valence-corrected chi connectivity index (χ2v) is 8.54. The van der Waals surface area contributed by atoms with Gasteiger partial charge in [-0.2, -0.15) is 16.4 Å². The van der Waals surface area contributed by atoms with E-state index in [1.807, 2.05) is 41.1 Å². The Kier molecular flexibility index (Phi) is 5.65. The number of rotatable bonds is 6. The molecule has 9 heteroatoms. The van der Waals surface area contributed by atoms with Gasteiger partial charge >= 0.3 is 0 Å². The van der Waals surface area contributed by atoms with Gasteiger partial charge in [-0.1, -0.05) is 12.1 Å². The first-order valence-corrected chi connectivity index (χ1v) is 11.3. The number of ether oxygens (including phenoxy) is 1. The molecular weight excluding hydrogens is 446 g/mol. The lowest BCUT2D eigenvalue weighted by atomic mass is 10.1. The minimum Gasteiger partial charge on any atom is -0.399 e. The number of thiophene rings is 1. The molecule has 1 fully saturated rings. The van der Waals surface area contributed by atoms with Crippen LogP contribution in [0.15, 0.2) is 65.5 Å². The van der Waals surface area contributed by atoms with Crippen LogP contribution in [0.2, 0.25) is 0 Å². The number of carbonyl (C=O) groups excluding carboxylic acids is 1. The average molecular weight is 467 g/mol. The topological polar surface area (TPSA) is 73.4 Å². The van der Waals surface area contributed by atoms with E-state index in [1.165, 1.54) is 28.2 Å². The lowest BCUT2D eigenvalue weighted by molar-refractivity contribution is -0.128. The highest BCUT2D eigenvalue weighted by atomic mass is 32.1. The molecule has 3 heterocycles. The summed E-state index contributed by atoms with van der Waals surface area (Å²) in [6.45, 7) is 0.394. The number of anilines is 1. The van der Waals surface area contributed by atoms with E-state index in [0.717, 1.165) is 17.2 Å². The Morgan fingerprint density at radius 1 is 1.12 bits per heavy atom. The standard InChI is InChI=1S/C24H20F2N4O2S/c25-17-9-18(26)11-20(10-17)30-12-21(23(28-30)16-6-8-33-14-16)24-29(22(31)13-32-24)7-5-15-1-3-19(27)4-2-15/h1-4,6,8-12,14,24H,5,7,13,27H2. The molecule has 1 aliphatic rings. The first kappa shape index (κ1) is 21.3. The van der Waals surface area contributed by atoms with Crippen molar-refractivity contribution >= 4 is 22.9 Å². The number of amides is 1. The molecule has 0 bridgehead atoms. The quantitative estimate of drug-likeness (QED) is 0.423. The van der Waals surface area contributed by atoms with Crippen molar-refractivity contribution < 1.29 is 18.3 Å². The van der Waals surface area contributed by atoms with Gasteiger partial charge < -0.3 is 15.4 Å². The largest absolute Gasteiger partial charge is 0.399 e. The van der Waals surface area contributed by atoms with Gasteiger partial charge in [-0.3, -0.25) is 4.79 Å². The van der Waals surface area contributed by atoms with Crippen LogP contribution in [0.3, 0.4) is 0 Å². The van der Waals surface area contributed by atoms with E-state index in [4.69, 9.17) is 10.5 Å². The maximum Gasteiger partial charge on any atom is 0.250 e. The summed E-state index contributed by atoms with van der Waals surface area (Å²) < 4.78 is 34.9. The molecule has 0 radical (unpaired) electrons. The van der Waals surface area contributed by atoms with Gasteiger partial charge in [0.1, 0.15) is 23.9 Å². The second kappa shape index (κ2) is 8.76. The van der Waals surface area contributed by atoms with E-state index < -0.39 is 17.9 Å². The van der Waals surface area contributed by atoms with Crippen molar-refractivity contribution in [2.75, 3.05) is 18.9 Å². The molecule has 168 valence electrons. The predicted molar refractivity (Wildman–Crippen MR) is 122 cm³/mol.